The van der Waals surface area contributed by atoms with Crippen LogP contribution in [0.1, 0.15) is 13.3 Å². The summed E-state index contributed by atoms with van der Waals surface area (Å²) in [7, 11) is 0. The quantitative estimate of drug-likeness (QED) is 0.699. The molecule has 0 saturated heterocycles. The molecule has 5 heteroatoms. The molecule has 0 bridgehead atoms. The highest BCUT2D eigenvalue weighted by Crippen LogP contribution is 2.26. The molecule has 1 amide bonds. The van der Waals surface area contributed by atoms with E-state index in [0.717, 1.165) is 9.26 Å². The van der Waals surface area contributed by atoms with Crippen LogP contribution in [0.15, 0.2) is 48.5 Å². The van der Waals surface area contributed by atoms with Gasteiger partial charge in [-0.15, -0.1) is 0 Å². The average Bonchev–Trinajstić information content (AvgIpc) is 2.49. The Hall–Kier alpha value is -1.76. The molecule has 0 aliphatic rings. The van der Waals surface area contributed by atoms with Crippen molar-refractivity contribution in [1.29, 1.82) is 0 Å². The molecule has 0 heterocycles. The summed E-state index contributed by atoms with van der Waals surface area (Å²) in [5.74, 6) is 1.28. The van der Waals surface area contributed by atoms with Gasteiger partial charge in [0.25, 0.3) is 0 Å². The Morgan fingerprint density at radius 1 is 1.09 bits per heavy atom. The lowest BCUT2D eigenvalue weighted by Gasteiger charge is -2.11. The second kappa shape index (κ2) is 8.63. The zero-order chi connectivity index (χ0) is 15.8. The van der Waals surface area contributed by atoms with Crippen molar-refractivity contribution < 1.29 is 14.3 Å². The third kappa shape index (κ3) is 5.22. The molecule has 0 aliphatic carbocycles. The molecular formula is C17H18INO3. The van der Waals surface area contributed by atoms with E-state index in [4.69, 9.17) is 9.47 Å². The van der Waals surface area contributed by atoms with E-state index >= 15 is 0 Å². The van der Waals surface area contributed by atoms with Gasteiger partial charge >= 0.3 is 0 Å². The van der Waals surface area contributed by atoms with Gasteiger partial charge in [-0.3, -0.25) is 4.79 Å². The van der Waals surface area contributed by atoms with E-state index in [1.54, 1.807) is 0 Å². The van der Waals surface area contributed by atoms with Crippen LogP contribution in [0.5, 0.6) is 11.5 Å². The van der Waals surface area contributed by atoms with Crippen LogP contribution < -0.4 is 14.8 Å². The number of halogens is 1. The van der Waals surface area contributed by atoms with Crippen LogP contribution in [0.3, 0.4) is 0 Å². The topological polar surface area (TPSA) is 47.6 Å². The molecule has 4 nitrogen and oxygen atoms in total. The molecular weight excluding hydrogens is 393 g/mol. The second-order valence-electron chi connectivity index (χ2n) is 4.54. The third-order valence-electron chi connectivity index (χ3n) is 2.84. The molecule has 2 aromatic carbocycles. The van der Waals surface area contributed by atoms with Crippen molar-refractivity contribution in [2.45, 2.75) is 13.3 Å². The van der Waals surface area contributed by atoms with Gasteiger partial charge < -0.3 is 14.8 Å². The number of benzene rings is 2. The summed E-state index contributed by atoms with van der Waals surface area (Å²) in [6.07, 6.45) is 0.284. The molecule has 0 unspecified atom stereocenters. The third-order valence-corrected chi connectivity index (χ3v) is 3.52. The average molecular weight is 411 g/mol. The van der Waals surface area contributed by atoms with Gasteiger partial charge in [-0.25, -0.2) is 0 Å². The number of para-hydroxylation sites is 2. The molecule has 0 fully saturated rings. The lowest BCUT2D eigenvalue weighted by atomic mass is 10.3. The van der Waals surface area contributed by atoms with Gasteiger partial charge in [0.2, 0.25) is 5.91 Å². The first kappa shape index (κ1) is 16.6. The van der Waals surface area contributed by atoms with Gasteiger partial charge in [0.15, 0.2) is 11.5 Å². The predicted octanol–water partition coefficient (Wildman–Crippen LogP) is 4.10. The Labute approximate surface area is 144 Å². The van der Waals surface area contributed by atoms with Crippen LogP contribution >= 0.6 is 22.6 Å². The number of hydrogen-bond donors (Lipinski definition) is 1. The fourth-order valence-electron chi connectivity index (χ4n) is 1.89. The van der Waals surface area contributed by atoms with Crippen molar-refractivity contribution in [3.8, 4) is 11.5 Å². The fraction of sp³-hybridized carbons (Fsp3) is 0.235. The maximum Gasteiger partial charge on any atom is 0.227 e. The Morgan fingerprint density at radius 3 is 2.50 bits per heavy atom. The highest BCUT2D eigenvalue weighted by atomic mass is 127. The van der Waals surface area contributed by atoms with E-state index in [1.807, 2.05) is 55.5 Å². The highest BCUT2D eigenvalue weighted by molar-refractivity contribution is 14.1. The van der Waals surface area contributed by atoms with Gasteiger partial charge in [0, 0.05) is 9.26 Å². The van der Waals surface area contributed by atoms with Crippen molar-refractivity contribution >= 4 is 34.2 Å². The monoisotopic (exact) mass is 411 g/mol. The summed E-state index contributed by atoms with van der Waals surface area (Å²) in [5.41, 5.74) is 0.798. The highest BCUT2D eigenvalue weighted by Gasteiger charge is 2.06. The van der Waals surface area contributed by atoms with Crippen molar-refractivity contribution in [3.05, 3.63) is 52.1 Å². The van der Waals surface area contributed by atoms with Crippen LogP contribution in [0, 0.1) is 3.57 Å². The van der Waals surface area contributed by atoms with Crippen molar-refractivity contribution in [2.24, 2.45) is 0 Å². The van der Waals surface area contributed by atoms with Crippen LogP contribution in [0.4, 0.5) is 5.69 Å². The largest absolute Gasteiger partial charge is 0.490 e. The zero-order valence-electron chi connectivity index (χ0n) is 12.3. The summed E-state index contributed by atoms with van der Waals surface area (Å²) < 4.78 is 12.2. The standard InChI is InChI=1S/C17H18INO3/c1-2-21-15-8-3-4-9-16(15)22-11-10-17(20)19-14-7-5-6-13(18)12-14/h3-9,12H,2,10-11H2,1H3,(H,19,20). The number of rotatable bonds is 7. The van der Waals surface area contributed by atoms with E-state index in [1.165, 1.54) is 0 Å². The zero-order valence-corrected chi connectivity index (χ0v) is 14.5. The Bertz CT molecular complexity index is 631. The Balaban J connectivity index is 1.82. The van der Waals surface area contributed by atoms with Crippen LogP contribution in [0.25, 0.3) is 0 Å². The molecule has 0 spiro atoms. The van der Waals surface area contributed by atoms with E-state index < -0.39 is 0 Å². The van der Waals surface area contributed by atoms with Crippen LogP contribution in [-0.2, 0) is 4.79 Å². The summed E-state index contributed by atoms with van der Waals surface area (Å²) in [4.78, 5) is 11.9. The lowest BCUT2D eigenvalue weighted by Crippen LogP contribution is -2.15. The number of amides is 1. The second-order valence-corrected chi connectivity index (χ2v) is 5.78. The van der Waals surface area contributed by atoms with E-state index in [9.17, 15) is 4.79 Å². The number of anilines is 1. The molecule has 0 saturated carbocycles. The molecule has 0 aliphatic heterocycles. The maximum absolute atomic E-state index is 11.9. The summed E-state index contributed by atoms with van der Waals surface area (Å²) >= 11 is 2.21. The minimum Gasteiger partial charge on any atom is -0.490 e. The first-order valence-electron chi connectivity index (χ1n) is 7.09. The van der Waals surface area contributed by atoms with Crippen molar-refractivity contribution in [3.63, 3.8) is 0 Å². The Kier molecular flexibility index (Phi) is 6.51. The number of hydrogen-bond acceptors (Lipinski definition) is 3. The molecule has 0 radical (unpaired) electrons. The van der Waals surface area contributed by atoms with Crippen LogP contribution in [-0.4, -0.2) is 19.1 Å². The fourth-order valence-corrected chi connectivity index (χ4v) is 2.43. The van der Waals surface area contributed by atoms with Gasteiger partial charge in [-0.05, 0) is 59.8 Å². The van der Waals surface area contributed by atoms with Crippen molar-refractivity contribution in [1.82, 2.24) is 0 Å². The van der Waals surface area contributed by atoms with E-state index in [-0.39, 0.29) is 12.3 Å². The molecule has 0 aromatic heterocycles. The lowest BCUT2D eigenvalue weighted by molar-refractivity contribution is -0.116. The molecule has 22 heavy (non-hydrogen) atoms. The number of ether oxygens (including phenoxy) is 2. The first-order valence-corrected chi connectivity index (χ1v) is 8.17. The number of nitrogens with one attached hydrogen (secondary N) is 1. The first-order chi connectivity index (χ1) is 10.7. The minimum absolute atomic E-state index is 0.0732. The Morgan fingerprint density at radius 2 is 1.82 bits per heavy atom. The van der Waals surface area contributed by atoms with E-state index in [0.29, 0.717) is 24.7 Å². The molecule has 116 valence electrons. The van der Waals surface area contributed by atoms with Gasteiger partial charge in [0.05, 0.1) is 19.6 Å². The molecule has 2 rings (SSSR count). The summed E-state index contributed by atoms with van der Waals surface area (Å²) in [6, 6.07) is 15.1. The predicted molar refractivity (Wildman–Crippen MR) is 95.5 cm³/mol. The van der Waals surface area contributed by atoms with E-state index in [2.05, 4.69) is 27.9 Å². The van der Waals surface area contributed by atoms with Crippen molar-refractivity contribution in [2.75, 3.05) is 18.5 Å². The molecule has 1 N–H and O–H groups in total. The SMILES string of the molecule is CCOc1ccccc1OCCC(=O)Nc1cccc(I)c1. The van der Waals surface area contributed by atoms with Crippen LogP contribution in [0.2, 0.25) is 0 Å². The number of carbonyl (C=O) groups is 1. The van der Waals surface area contributed by atoms with Gasteiger partial charge in [-0.1, -0.05) is 18.2 Å². The summed E-state index contributed by atoms with van der Waals surface area (Å²) in [5, 5.41) is 2.85. The normalized spacial score (nSPS) is 10.1. The van der Waals surface area contributed by atoms with Gasteiger partial charge in [0.1, 0.15) is 0 Å². The summed E-state index contributed by atoms with van der Waals surface area (Å²) in [6.45, 7) is 2.80. The molecule has 0 atom stereocenters. The number of carbonyl (C=O) groups excluding carboxylic acids is 1. The van der Waals surface area contributed by atoms with Gasteiger partial charge in [-0.2, -0.15) is 0 Å². The maximum atomic E-state index is 11.9. The smallest absolute Gasteiger partial charge is 0.227 e. The molecule has 2 aromatic rings. The minimum atomic E-state index is -0.0732.